The van der Waals surface area contributed by atoms with Crippen molar-refractivity contribution in [3.63, 3.8) is 0 Å². The molecule has 1 unspecified atom stereocenters. The van der Waals surface area contributed by atoms with Crippen molar-refractivity contribution in [3.05, 3.63) is 53.3 Å². The number of aromatic nitrogens is 1. The van der Waals surface area contributed by atoms with Crippen molar-refractivity contribution >= 4 is 11.7 Å². The van der Waals surface area contributed by atoms with Crippen molar-refractivity contribution in [1.82, 2.24) is 4.98 Å². The van der Waals surface area contributed by atoms with Crippen LogP contribution in [-0.4, -0.2) is 35.4 Å². The maximum absolute atomic E-state index is 12.3. The molecule has 1 atom stereocenters. The Hall–Kier alpha value is -2.77. The van der Waals surface area contributed by atoms with E-state index in [0.717, 1.165) is 30.4 Å². The summed E-state index contributed by atoms with van der Waals surface area (Å²) in [6.07, 6.45) is 0.450. The highest BCUT2D eigenvalue weighted by molar-refractivity contribution is 5.93. The molecule has 1 aliphatic rings. The van der Waals surface area contributed by atoms with Gasteiger partial charge in [-0.15, -0.1) is 0 Å². The Labute approximate surface area is 160 Å². The standard InChI is InChI=1S/C20H21F3N2O3/c21-20(22,23)7-9-28-15-4-5-16-13(10-15)2-1-3-14(16)11-25-18-12-24-8-6-17(18)19(26)27/h4-6,8,10,12,14,25H,1-3,7,9,11H2,(H,26,27). The highest BCUT2D eigenvalue weighted by Crippen LogP contribution is 2.34. The molecule has 2 N–H and O–H groups in total. The summed E-state index contributed by atoms with van der Waals surface area (Å²) in [6.45, 7) is 0.152. The quantitative estimate of drug-likeness (QED) is 0.716. The predicted molar refractivity (Wildman–Crippen MR) is 98.0 cm³/mol. The molecule has 0 amide bonds. The first kappa shape index (κ1) is 20.0. The van der Waals surface area contributed by atoms with Crippen molar-refractivity contribution in [1.29, 1.82) is 0 Å². The smallest absolute Gasteiger partial charge is 0.392 e. The molecule has 0 saturated heterocycles. The zero-order chi connectivity index (χ0) is 20.1. The number of nitrogens with zero attached hydrogens (tertiary/aromatic N) is 1. The van der Waals surface area contributed by atoms with E-state index in [2.05, 4.69) is 10.3 Å². The molecule has 3 rings (SSSR count). The summed E-state index contributed by atoms with van der Waals surface area (Å²) in [5.41, 5.74) is 2.81. The zero-order valence-corrected chi connectivity index (χ0v) is 15.1. The van der Waals surface area contributed by atoms with Gasteiger partial charge in [0.2, 0.25) is 0 Å². The lowest BCUT2D eigenvalue weighted by Gasteiger charge is -2.27. The molecule has 0 radical (unpaired) electrons. The summed E-state index contributed by atoms with van der Waals surface area (Å²) in [6, 6.07) is 6.85. The highest BCUT2D eigenvalue weighted by Gasteiger charge is 2.27. The molecule has 2 aromatic rings. The second-order valence-electron chi connectivity index (χ2n) is 6.77. The first-order valence-corrected chi connectivity index (χ1v) is 9.07. The number of benzene rings is 1. The average Bonchev–Trinajstić information content (AvgIpc) is 2.65. The van der Waals surface area contributed by atoms with Gasteiger partial charge in [0.25, 0.3) is 0 Å². The molecule has 0 bridgehead atoms. The Balaban J connectivity index is 1.66. The van der Waals surface area contributed by atoms with Gasteiger partial charge in [-0.1, -0.05) is 6.07 Å². The Morgan fingerprint density at radius 2 is 2.14 bits per heavy atom. The predicted octanol–water partition coefficient (Wildman–Crippen LogP) is 4.64. The number of fused-ring (bicyclic) bond motifs is 1. The number of pyridine rings is 1. The van der Waals surface area contributed by atoms with Crippen LogP contribution in [0.4, 0.5) is 18.9 Å². The number of carboxylic acid groups (broad SMARTS) is 1. The summed E-state index contributed by atoms with van der Waals surface area (Å²) in [5.74, 6) is -0.401. The molecule has 1 aromatic heterocycles. The Morgan fingerprint density at radius 1 is 1.32 bits per heavy atom. The minimum Gasteiger partial charge on any atom is -0.493 e. The van der Waals surface area contributed by atoms with Crippen LogP contribution >= 0.6 is 0 Å². The van der Waals surface area contributed by atoms with Crippen molar-refractivity contribution in [2.75, 3.05) is 18.5 Å². The van der Waals surface area contributed by atoms with E-state index in [-0.39, 0.29) is 11.5 Å². The number of halogens is 3. The van der Waals surface area contributed by atoms with Crippen LogP contribution in [0.1, 0.15) is 46.7 Å². The molecular weight excluding hydrogens is 373 g/mol. The lowest BCUT2D eigenvalue weighted by atomic mass is 9.82. The molecule has 150 valence electrons. The van der Waals surface area contributed by atoms with Gasteiger partial charge in [0.15, 0.2) is 0 Å². The number of hydrogen-bond donors (Lipinski definition) is 2. The normalized spacial score (nSPS) is 16.3. The molecule has 28 heavy (non-hydrogen) atoms. The third-order valence-electron chi connectivity index (χ3n) is 4.80. The van der Waals surface area contributed by atoms with Crippen molar-refractivity contribution in [2.24, 2.45) is 0 Å². The molecule has 1 heterocycles. The van der Waals surface area contributed by atoms with Crippen LogP contribution in [0.3, 0.4) is 0 Å². The van der Waals surface area contributed by atoms with Crippen molar-refractivity contribution in [2.45, 2.75) is 37.8 Å². The van der Waals surface area contributed by atoms with E-state index in [1.54, 1.807) is 6.07 Å². The maximum Gasteiger partial charge on any atom is 0.392 e. The minimum atomic E-state index is -4.23. The van der Waals surface area contributed by atoms with E-state index in [4.69, 9.17) is 4.74 Å². The molecule has 0 aliphatic heterocycles. The van der Waals surface area contributed by atoms with Crippen LogP contribution in [0.2, 0.25) is 0 Å². The van der Waals surface area contributed by atoms with E-state index in [0.29, 0.717) is 18.0 Å². The third kappa shape index (κ3) is 5.15. The zero-order valence-electron chi connectivity index (χ0n) is 15.1. The Morgan fingerprint density at radius 3 is 2.89 bits per heavy atom. The van der Waals surface area contributed by atoms with Gasteiger partial charge in [-0.05, 0) is 48.6 Å². The number of nitrogens with one attached hydrogen (secondary N) is 1. The number of aromatic carboxylic acids is 1. The largest absolute Gasteiger partial charge is 0.493 e. The van der Waals surface area contributed by atoms with Crippen LogP contribution in [-0.2, 0) is 6.42 Å². The third-order valence-corrected chi connectivity index (χ3v) is 4.80. The summed E-state index contributed by atoms with van der Waals surface area (Å²) in [7, 11) is 0. The van der Waals surface area contributed by atoms with E-state index >= 15 is 0 Å². The van der Waals surface area contributed by atoms with Crippen LogP contribution in [0, 0.1) is 0 Å². The molecule has 0 saturated carbocycles. The SMILES string of the molecule is O=C(O)c1ccncc1NCC1CCCc2cc(OCCC(F)(F)F)ccc21. The van der Waals surface area contributed by atoms with Gasteiger partial charge in [0, 0.05) is 18.7 Å². The van der Waals surface area contributed by atoms with Crippen molar-refractivity contribution in [3.8, 4) is 5.75 Å². The van der Waals surface area contributed by atoms with Crippen LogP contribution < -0.4 is 10.1 Å². The fraction of sp³-hybridized carbons (Fsp3) is 0.400. The number of anilines is 1. The second-order valence-corrected chi connectivity index (χ2v) is 6.77. The second kappa shape index (κ2) is 8.50. The van der Waals surface area contributed by atoms with E-state index in [1.807, 2.05) is 12.1 Å². The van der Waals surface area contributed by atoms with E-state index < -0.39 is 25.2 Å². The fourth-order valence-electron chi connectivity index (χ4n) is 3.43. The minimum absolute atomic E-state index is 0.166. The first-order chi connectivity index (χ1) is 13.3. The maximum atomic E-state index is 12.3. The summed E-state index contributed by atoms with van der Waals surface area (Å²) >= 11 is 0. The number of ether oxygens (including phenoxy) is 1. The molecule has 1 aliphatic carbocycles. The number of carbonyl (C=O) groups is 1. The average molecular weight is 394 g/mol. The van der Waals surface area contributed by atoms with Gasteiger partial charge in [-0.2, -0.15) is 13.2 Å². The summed E-state index contributed by atoms with van der Waals surface area (Å²) < 4.78 is 42.0. The molecule has 5 nitrogen and oxygen atoms in total. The molecular formula is C20H21F3N2O3. The fourth-order valence-corrected chi connectivity index (χ4v) is 3.43. The van der Waals surface area contributed by atoms with E-state index in [1.165, 1.54) is 18.5 Å². The number of carboxylic acids is 1. The summed E-state index contributed by atoms with van der Waals surface area (Å²) in [5, 5.41) is 12.4. The van der Waals surface area contributed by atoms with Gasteiger partial charge in [0.1, 0.15) is 5.75 Å². The number of alkyl halides is 3. The van der Waals surface area contributed by atoms with Gasteiger partial charge >= 0.3 is 12.1 Å². The van der Waals surface area contributed by atoms with Gasteiger partial charge in [-0.3, -0.25) is 4.98 Å². The van der Waals surface area contributed by atoms with Gasteiger partial charge in [0.05, 0.1) is 30.5 Å². The van der Waals surface area contributed by atoms with Gasteiger partial charge < -0.3 is 15.2 Å². The van der Waals surface area contributed by atoms with Crippen molar-refractivity contribution < 1.29 is 27.8 Å². The molecule has 0 fully saturated rings. The Kier molecular flexibility index (Phi) is 6.06. The lowest BCUT2D eigenvalue weighted by Crippen LogP contribution is -2.19. The number of hydrogen-bond acceptors (Lipinski definition) is 4. The summed E-state index contributed by atoms with van der Waals surface area (Å²) in [4.78, 5) is 15.3. The first-order valence-electron chi connectivity index (χ1n) is 9.07. The lowest BCUT2D eigenvalue weighted by molar-refractivity contribution is -0.139. The molecule has 0 spiro atoms. The number of rotatable bonds is 7. The number of aryl methyl sites for hydroxylation is 1. The monoisotopic (exact) mass is 394 g/mol. The Bertz CT molecular complexity index is 840. The van der Waals surface area contributed by atoms with Crippen LogP contribution in [0.25, 0.3) is 0 Å². The van der Waals surface area contributed by atoms with Crippen LogP contribution in [0.5, 0.6) is 5.75 Å². The molecule has 1 aromatic carbocycles. The molecule has 8 heteroatoms. The van der Waals surface area contributed by atoms with Gasteiger partial charge in [-0.25, -0.2) is 4.79 Å². The van der Waals surface area contributed by atoms with Crippen LogP contribution in [0.15, 0.2) is 36.7 Å². The topological polar surface area (TPSA) is 71.5 Å². The van der Waals surface area contributed by atoms with E-state index in [9.17, 15) is 23.1 Å². The highest BCUT2D eigenvalue weighted by atomic mass is 19.4.